The number of nitrogens with one attached hydrogen (secondary N) is 1. The van der Waals surface area contributed by atoms with Gasteiger partial charge in [-0.2, -0.15) is 0 Å². The zero-order valence-electron chi connectivity index (χ0n) is 14.9. The number of ether oxygens (including phenoxy) is 2. The Balaban J connectivity index is 1.84. The van der Waals surface area contributed by atoms with Crippen LogP contribution >= 0.6 is 23.2 Å². The Kier molecular flexibility index (Phi) is 7.70. The first-order valence-corrected chi connectivity index (χ1v) is 8.88. The van der Waals surface area contributed by atoms with Crippen LogP contribution in [0.15, 0.2) is 48.5 Å². The van der Waals surface area contributed by atoms with Crippen LogP contribution in [0, 0.1) is 0 Å². The quantitative estimate of drug-likeness (QED) is 0.544. The normalized spacial score (nSPS) is 11.9. The summed E-state index contributed by atoms with van der Waals surface area (Å²) in [7, 11) is 1.55. The highest BCUT2D eigenvalue weighted by Gasteiger charge is 2.12. The van der Waals surface area contributed by atoms with Gasteiger partial charge in [-0.05, 0) is 36.8 Å². The molecule has 0 spiro atoms. The number of benzene rings is 2. The molecule has 142 valence electrons. The summed E-state index contributed by atoms with van der Waals surface area (Å²) in [5.41, 5.74) is 1.52. The summed E-state index contributed by atoms with van der Waals surface area (Å²) in [6.07, 6.45) is 2.81. The first-order valence-electron chi connectivity index (χ1n) is 8.13. The Morgan fingerprint density at radius 2 is 1.89 bits per heavy atom. The number of para-hydroxylation sites is 1. The van der Waals surface area contributed by atoms with E-state index in [-0.39, 0.29) is 12.6 Å². The van der Waals surface area contributed by atoms with Gasteiger partial charge in [-0.15, -0.1) is 0 Å². The number of hydrogen-bond acceptors (Lipinski definition) is 4. The highest BCUT2D eigenvalue weighted by molar-refractivity contribution is 6.42. The Morgan fingerprint density at radius 3 is 2.59 bits per heavy atom. The van der Waals surface area contributed by atoms with E-state index < -0.39 is 11.9 Å². The van der Waals surface area contributed by atoms with Crippen molar-refractivity contribution in [2.75, 3.05) is 13.7 Å². The van der Waals surface area contributed by atoms with Crippen LogP contribution in [0.25, 0.3) is 6.08 Å². The molecule has 0 bridgehead atoms. The molecule has 0 radical (unpaired) electrons. The highest BCUT2D eigenvalue weighted by Crippen LogP contribution is 2.25. The number of carbonyl (C=O) groups is 2. The number of amides is 1. The van der Waals surface area contributed by atoms with Gasteiger partial charge in [-0.1, -0.05) is 47.5 Å². The van der Waals surface area contributed by atoms with Crippen LogP contribution < -0.4 is 10.1 Å². The maximum absolute atomic E-state index is 12.0. The van der Waals surface area contributed by atoms with Gasteiger partial charge in [0.2, 0.25) is 0 Å². The molecule has 0 heterocycles. The third kappa shape index (κ3) is 6.31. The van der Waals surface area contributed by atoms with E-state index in [0.717, 1.165) is 11.1 Å². The second-order valence-electron chi connectivity index (χ2n) is 5.65. The number of rotatable bonds is 7. The van der Waals surface area contributed by atoms with E-state index in [4.69, 9.17) is 32.7 Å². The molecule has 0 fully saturated rings. The lowest BCUT2D eigenvalue weighted by Gasteiger charge is -2.14. The van der Waals surface area contributed by atoms with Crippen molar-refractivity contribution >= 4 is 41.2 Å². The first kappa shape index (κ1) is 20.8. The van der Waals surface area contributed by atoms with E-state index >= 15 is 0 Å². The van der Waals surface area contributed by atoms with Gasteiger partial charge < -0.3 is 14.8 Å². The second kappa shape index (κ2) is 10.00. The Bertz CT molecular complexity index is 852. The molecule has 0 aromatic heterocycles. The molecule has 5 nitrogen and oxygen atoms in total. The molecule has 1 amide bonds. The van der Waals surface area contributed by atoms with Crippen molar-refractivity contribution in [3.63, 3.8) is 0 Å². The lowest BCUT2D eigenvalue weighted by molar-refractivity contribution is -0.144. The third-order valence-corrected chi connectivity index (χ3v) is 4.44. The Labute approximate surface area is 167 Å². The number of esters is 1. The SMILES string of the molecule is COc1ccccc1/C=C/C(=O)OCC(=O)N[C@@H](C)c1ccc(Cl)c(Cl)c1. The Morgan fingerprint density at radius 1 is 1.15 bits per heavy atom. The van der Waals surface area contributed by atoms with Crippen molar-refractivity contribution in [3.05, 3.63) is 69.7 Å². The minimum absolute atomic E-state index is 0.310. The molecule has 2 aromatic rings. The standard InChI is InChI=1S/C20H19Cl2NO4/c1-13(15-7-9-16(21)17(22)11-15)23-19(24)12-27-20(25)10-8-14-5-3-4-6-18(14)26-2/h3-11,13H,12H2,1-2H3,(H,23,24)/b10-8+/t13-/m0/s1. The van der Waals surface area contributed by atoms with E-state index in [1.54, 1.807) is 50.4 Å². The molecule has 0 aliphatic rings. The zero-order valence-corrected chi connectivity index (χ0v) is 16.4. The molecule has 0 aliphatic carbocycles. The molecule has 7 heteroatoms. The van der Waals surface area contributed by atoms with E-state index in [9.17, 15) is 9.59 Å². The van der Waals surface area contributed by atoms with E-state index in [1.807, 2.05) is 12.1 Å². The van der Waals surface area contributed by atoms with Crippen LogP contribution in [0.4, 0.5) is 0 Å². The van der Waals surface area contributed by atoms with Crippen molar-refractivity contribution in [1.82, 2.24) is 5.32 Å². The van der Waals surface area contributed by atoms with Crippen molar-refractivity contribution in [2.24, 2.45) is 0 Å². The molecule has 0 unspecified atom stereocenters. The molecule has 1 N–H and O–H groups in total. The Hall–Kier alpha value is -2.50. The van der Waals surface area contributed by atoms with Gasteiger partial charge in [0.1, 0.15) is 5.75 Å². The van der Waals surface area contributed by atoms with Crippen LogP contribution in [-0.4, -0.2) is 25.6 Å². The molecule has 27 heavy (non-hydrogen) atoms. The van der Waals surface area contributed by atoms with Gasteiger partial charge in [-0.3, -0.25) is 4.79 Å². The summed E-state index contributed by atoms with van der Waals surface area (Å²) in [4.78, 5) is 23.8. The van der Waals surface area contributed by atoms with E-state index in [0.29, 0.717) is 15.8 Å². The predicted octanol–water partition coefficient (Wildman–Crippen LogP) is 4.44. The maximum atomic E-state index is 12.0. The topological polar surface area (TPSA) is 64.6 Å². The van der Waals surface area contributed by atoms with Crippen LogP contribution in [0.2, 0.25) is 10.0 Å². The highest BCUT2D eigenvalue weighted by atomic mass is 35.5. The van der Waals surface area contributed by atoms with Gasteiger partial charge in [0, 0.05) is 11.6 Å². The smallest absolute Gasteiger partial charge is 0.331 e. The van der Waals surface area contributed by atoms with Crippen molar-refractivity contribution in [1.29, 1.82) is 0 Å². The minimum atomic E-state index is -0.627. The maximum Gasteiger partial charge on any atom is 0.331 e. The predicted molar refractivity (Wildman–Crippen MR) is 106 cm³/mol. The lowest BCUT2D eigenvalue weighted by Crippen LogP contribution is -2.30. The summed E-state index contributed by atoms with van der Waals surface area (Å²) < 4.78 is 10.1. The largest absolute Gasteiger partial charge is 0.496 e. The van der Waals surface area contributed by atoms with Crippen molar-refractivity contribution in [2.45, 2.75) is 13.0 Å². The van der Waals surface area contributed by atoms with E-state index in [2.05, 4.69) is 5.32 Å². The van der Waals surface area contributed by atoms with Gasteiger partial charge >= 0.3 is 5.97 Å². The summed E-state index contributed by atoms with van der Waals surface area (Å²) in [6.45, 7) is 1.40. The van der Waals surface area contributed by atoms with Crippen molar-refractivity contribution in [3.8, 4) is 5.75 Å². The summed E-state index contributed by atoms with van der Waals surface area (Å²) in [5, 5.41) is 3.57. The number of carbonyl (C=O) groups excluding carboxylic acids is 2. The second-order valence-corrected chi connectivity index (χ2v) is 6.46. The molecule has 2 rings (SSSR count). The molecule has 1 atom stereocenters. The van der Waals surface area contributed by atoms with Gasteiger partial charge in [0.15, 0.2) is 6.61 Å². The summed E-state index contributed by atoms with van der Waals surface area (Å²) >= 11 is 11.9. The molecule has 2 aromatic carbocycles. The number of halogens is 2. The lowest BCUT2D eigenvalue weighted by atomic mass is 10.1. The summed E-state index contributed by atoms with van der Waals surface area (Å²) in [5.74, 6) is -0.416. The number of methoxy groups -OCH3 is 1. The molecule has 0 saturated heterocycles. The fourth-order valence-electron chi connectivity index (χ4n) is 2.29. The molecule has 0 saturated carbocycles. The molecular formula is C20H19Cl2NO4. The minimum Gasteiger partial charge on any atom is -0.496 e. The van der Waals surface area contributed by atoms with Crippen LogP contribution in [0.1, 0.15) is 24.1 Å². The fourth-order valence-corrected chi connectivity index (χ4v) is 2.60. The van der Waals surface area contributed by atoms with E-state index in [1.165, 1.54) is 6.08 Å². The first-order chi connectivity index (χ1) is 12.9. The fraction of sp³-hybridized carbons (Fsp3) is 0.200. The average molecular weight is 408 g/mol. The molecule has 0 aliphatic heterocycles. The summed E-state index contributed by atoms with van der Waals surface area (Å²) in [6, 6.07) is 12.0. The van der Waals surface area contributed by atoms with Crippen molar-refractivity contribution < 1.29 is 19.1 Å². The van der Waals surface area contributed by atoms with Crippen LogP contribution in [0.5, 0.6) is 5.75 Å². The van der Waals surface area contributed by atoms with Gasteiger partial charge in [-0.25, -0.2) is 4.79 Å². The van der Waals surface area contributed by atoms with Crippen LogP contribution in [-0.2, 0) is 14.3 Å². The molecular weight excluding hydrogens is 389 g/mol. The third-order valence-electron chi connectivity index (χ3n) is 3.70. The average Bonchev–Trinajstić information content (AvgIpc) is 2.66. The van der Waals surface area contributed by atoms with Gasteiger partial charge in [0.25, 0.3) is 5.91 Å². The monoisotopic (exact) mass is 407 g/mol. The van der Waals surface area contributed by atoms with Gasteiger partial charge in [0.05, 0.1) is 23.2 Å². The van der Waals surface area contributed by atoms with Crippen LogP contribution in [0.3, 0.4) is 0 Å². The zero-order chi connectivity index (χ0) is 19.8. The number of hydrogen-bond donors (Lipinski definition) is 1.